The van der Waals surface area contributed by atoms with Gasteiger partial charge in [-0.3, -0.25) is 9.59 Å². The van der Waals surface area contributed by atoms with Crippen molar-refractivity contribution >= 4 is 28.5 Å². The van der Waals surface area contributed by atoms with Crippen molar-refractivity contribution in [2.24, 2.45) is 0 Å². The van der Waals surface area contributed by atoms with Gasteiger partial charge in [0.05, 0.1) is 10.9 Å². The first-order valence-electron chi connectivity index (χ1n) is 7.69. The van der Waals surface area contributed by atoms with E-state index in [2.05, 4.69) is 5.32 Å². The molecule has 1 aliphatic carbocycles. The van der Waals surface area contributed by atoms with Crippen molar-refractivity contribution in [1.29, 1.82) is 0 Å². The lowest BCUT2D eigenvalue weighted by Gasteiger charge is -2.17. The predicted molar refractivity (Wildman–Crippen MR) is 92.3 cm³/mol. The minimum absolute atomic E-state index is 0.0268. The summed E-state index contributed by atoms with van der Waals surface area (Å²) in [6.45, 7) is 0. The molecule has 1 aliphatic rings. The number of hydrogen-bond acceptors (Lipinski definition) is 3. The fraction of sp³-hybridized carbons (Fsp3) is 0.158. The molecule has 24 heavy (non-hydrogen) atoms. The summed E-state index contributed by atoms with van der Waals surface area (Å²) < 4.78 is 5.60. The molecule has 5 heteroatoms. The molecule has 0 unspecified atom stereocenters. The summed E-state index contributed by atoms with van der Waals surface area (Å²) in [5.74, 6) is -0.357. The highest BCUT2D eigenvalue weighted by atomic mass is 35.5. The Kier molecular flexibility index (Phi) is 3.43. The van der Waals surface area contributed by atoms with Crippen LogP contribution in [0.1, 0.15) is 29.0 Å². The van der Waals surface area contributed by atoms with Crippen LogP contribution in [-0.2, 0) is 5.54 Å². The second-order valence-electron chi connectivity index (χ2n) is 6.01. The van der Waals surface area contributed by atoms with E-state index in [1.54, 1.807) is 36.4 Å². The van der Waals surface area contributed by atoms with Crippen molar-refractivity contribution in [2.75, 3.05) is 0 Å². The summed E-state index contributed by atoms with van der Waals surface area (Å²) in [7, 11) is 0. The third-order valence-corrected chi connectivity index (χ3v) is 4.61. The summed E-state index contributed by atoms with van der Waals surface area (Å²) in [5.41, 5.74) is 0.791. The molecule has 0 aliphatic heterocycles. The Morgan fingerprint density at radius 3 is 2.50 bits per heavy atom. The molecule has 0 atom stereocenters. The third kappa shape index (κ3) is 2.59. The molecule has 4 rings (SSSR count). The molecular formula is C19H14ClNO3. The van der Waals surface area contributed by atoms with E-state index in [0.717, 1.165) is 18.4 Å². The molecule has 1 N–H and O–H groups in total. The van der Waals surface area contributed by atoms with Crippen LogP contribution in [0.4, 0.5) is 0 Å². The van der Waals surface area contributed by atoms with Crippen LogP contribution in [0.2, 0.25) is 5.02 Å². The average Bonchev–Trinajstić information content (AvgIpc) is 3.36. The van der Waals surface area contributed by atoms with Crippen LogP contribution in [0.3, 0.4) is 0 Å². The molecule has 0 radical (unpaired) electrons. The van der Waals surface area contributed by atoms with Crippen LogP contribution in [0.5, 0.6) is 0 Å². The summed E-state index contributed by atoms with van der Waals surface area (Å²) in [5, 5.41) is 4.12. The summed E-state index contributed by atoms with van der Waals surface area (Å²) in [6, 6.07) is 15.6. The second-order valence-corrected chi connectivity index (χ2v) is 6.45. The number of nitrogens with one attached hydrogen (secondary N) is 1. The Bertz CT molecular complexity index is 987. The van der Waals surface area contributed by atoms with Gasteiger partial charge in [0.25, 0.3) is 5.91 Å². The zero-order valence-corrected chi connectivity index (χ0v) is 13.5. The number of carbonyl (C=O) groups excluding carboxylic acids is 1. The number of fused-ring (bicyclic) bond motifs is 1. The lowest BCUT2D eigenvalue weighted by atomic mass is 10.0. The number of carbonyl (C=O) groups is 1. The first-order valence-corrected chi connectivity index (χ1v) is 8.07. The fourth-order valence-corrected chi connectivity index (χ4v) is 3.00. The minimum Gasteiger partial charge on any atom is -0.451 e. The highest BCUT2D eigenvalue weighted by molar-refractivity contribution is 6.30. The Hall–Kier alpha value is -2.59. The van der Waals surface area contributed by atoms with E-state index in [4.69, 9.17) is 16.0 Å². The molecular weight excluding hydrogens is 326 g/mol. The van der Waals surface area contributed by atoms with Gasteiger partial charge >= 0.3 is 0 Å². The monoisotopic (exact) mass is 339 g/mol. The van der Waals surface area contributed by atoms with Crippen molar-refractivity contribution in [1.82, 2.24) is 5.32 Å². The highest BCUT2D eigenvalue weighted by Gasteiger charge is 2.46. The number of benzene rings is 2. The molecule has 1 saturated carbocycles. The van der Waals surface area contributed by atoms with Gasteiger partial charge in [0.15, 0.2) is 11.2 Å². The zero-order valence-electron chi connectivity index (χ0n) is 12.7. The van der Waals surface area contributed by atoms with Crippen LogP contribution in [-0.4, -0.2) is 5.91 Å². The van der Waals surface area contributed by atoms with Crippen molar-refractivity contribution in [3.63, 3.8) is 0 Å². The van der Waals surface area contributed by atoms with Crippen molar-refractivity contribution in [3.05, 3.63) is 81.2 Å². The molecule has 1 amide bonds. The van der Waals surface area contributed by atoms with Crippen LogP contribution < -0.4 is 10.7 Å². The average molecular weight is 340 g/mol. The van der Waals surface area contributed by atoms with E-state index < -0.39 is 5.54 Å². The van der Waals surface area contributed by atoms with Crippen molar-refractivity contribution in [2.45, 2.75) is 18.4 Å². The third-order valence-electron chi connectivity index (χ3n) is 4.36. The van der Waals surface area contributed by atoms with E-state index in [0.29, 0.717) is 16.0 Å². The van der Waals surface area contributed by atoms with E-state index in [-0.39, 0.29) is 17.1 Å². The van der Waals surface area contributed by atoms with E-state index >= 15 is 0 Å². The van der Waals surface area contributed by atoms with E-state index in [1.165, 1.54) is 6.07 Å². The van der Waals surface area contributed by atoms with Crippen molar-refractivity contribution < 1.29 is 9.21 Å². The Labute approximate surface area is 143 Å². The maximum Gasteiger partial charge on any atom is 0.287 e. The van der Waals surface area contributed by atoms with Gasteiger partial charge in [0, 0.05) is 11.1 Å². The largest absolute Gasteiger partial charge is 0.451 e. The molecule has 4 nitrogen and oxygen atoms in total. The van der Waals surface area contributed by atoms with Crippen molar-refractivity contribution in [3.8, 4) is 0 Å². The Balaban J connectivity index is 1.65. The maximum absolute atomic E-state index is 12.6. The smallest absolute Gasteiger partial charge is 0.287 e. The molecule has 0 bridgehead atoms. The van der Waals surface area contributed by atoms with Crippen LogP contribution in [0.15, 0.2) is 63.8 Å². The Morgan fingerprint density at radius 1 is 1.08 bits per heavy atom. The normalized spacial score (nSPS) is 15.2. The molecule has 0 spiro atoms. The molecule has 1 heterocycles. The molecule has 2 aromatic carbocycles. The number of hydrogen-bond donors (Lipinski definition) is 1. The molecule has 0 saturated heterocycles. The number of rotatable bonds is 3. The SMILES string of the molecule is O=C(NC1(c2ccc(Cl)cc2)CC1)c1cc(=O)c2ccccc2o1. The van der Waals surface area contributed by atoms with Gasteiger partial charge < -0.3 is 9.73 Å². The van der Waals surface area contributed by atoms with Crippen LogP contribution >= 0.6 is 11.6 Å². The lowest BCUT2D eigenvalue weighted by molar-refractivity contribution is 0.0903. The molecule has 1 aromatic heterocycles. The van der Waals surface area contributed by atoms with Gasteiger partial charge in [0.1, 0.15) is 5.58 Å². The van der Waals surface area contributed by atoms with Gasteiger partial charge in [0.2, 0.25) is 0 Å². The Morgan fingerprint density at radius 2 is 1.79 bits per heavy atom. The van der Waals surface area contributed by atoms with Gasteiger partial charge in [-0.25, -0.2) is 0 Å². The quantitative estimate of drug-likeness (QED) is 0.788. The number of halogens is 1. The fourth-order valence-electron chi connectivity index (χ4n) is 2.87. The van der Waals surface area contributed by atoms with Gasteiger partial charge in [-0.1, -0.05) is 35.9 Å². The summed E-state index contributed by atoms with van der Waals surface area (Å²) in [4.78, 5) is 24.7. The minimum atomic E-state index is -0.397. The summed E-state index contributed by atoms with van der Waals surface area (Å²) in [6.07, 6.45) is 1.69. The molecule has 1 fully saturated rings. The number of para-hydroxylation sites is 1. The first kappa shape index (κ1) is 15.0. The van der Waals surface area contributed by atoms with Crippen LogP contribution in [0, 0.1) is 0 Å². The topological polar surface area (TPSA) is 59.3 Å². The van der Waals surface area contributed by atoms with E-state index in [9.17, 15) is 9.59 Å². The molecule has 120 valence electrons. The maximum atomic E-state index is 12.6. The predicted octanol–water partition coefficient (Wildman–Crippen LogP) is 3.87. The van der Waals surface area contributed by atoms with Gasteiger partial charge in [-0.15, -0.1) is 0 Å². The van der Waals surface area contributed by atoms with Gasteiger partial charge in [-0.2, -0.15) is 0 Å². The standard InChI is InChI=1S/C19H14ClNO3/c20-13-7-5-12(6-8-13)19(9-10-19)21-18(23)17-11-15(22)14-3-1-2-4-16(14)24-17/h1-8,11H,9-10H2,(H,21,23). The summed E-state index contributed by atoms with van der Waals surface area (Å²) >= 11 is 5.92. The van der Waals surface area contributed by atoms with E-state index in [1.807, 2.05) is 12.1 Å². The number of amides is 1. The first-order chi connectivity index (χ1) is 11.6. The zero-order chi connectivity index (χ0) is 16.7. The van der Waals surface area contributed by atoms with Crippen LogP contribution in [0.25, 0.3) is 11.0 Å². The second kappa shape index (κ2) is 5.49. The highest BCUT2D eigenvalue weighted by Crippen LogP contribution is 2.45. The lowest BCUT2D eigenvalue weighted by Crippen LogP contribution is -2.35. The van der Waals surface area contributed by atoms with Gasteiger partial charge in [-0.05, 0) is 42.7 Å². The molecule has 3 aromatic rings.